The zero-order valence-corrected chi connectivity index (χ0v) is 10.3. The number of pyridine rings is 1. The number of hydrogen-bond donors (Lipinski definition) is 1. The lowest BCUT2D eigenvalue weighted by Crippen LogP contribution is -2.16. The largest absolute Gasteiger partial charge is 0.419 e. The highest BCUT2D eigenvalue weighted by atomic mass is 19.4. The molecule has 0 aliphatic carbocycles. The number of aryl methyl sites for hydroxylation is 1. The van der Waals surface area contributed by atoms with Crippen LogP contribution in [0.2, 0.25) is 0 Å². The van der Waals surface area contributed by atoms with Crippen molar-refractivity contribution in [3.8, 4) is 0 Å². The van der Waals surface area contributed by atoms with Crippen molar-refractivity contribution >= 4 is 5.82 Å². The van der Waals surface area contributed by atoms with Crippen LogP contribution in [0.25, 0.3) is 0 Å². The maximum absolute atomic E-state index is 12.7. The van der Waals surface area contributed by atoms with E-state index >= 15 is 0 Å². The molecular formula is C12H13F3N4. The van der Waals surface area contributed by atoms with Crippen LogP contribution in [0, 0.1) is 6.92 Å². The first-order chi connectivity index (χ1) is 8.97. The second kappa shape index (κ2) is 5.29. The van der Waals surface area contributed by atoms with E-state index < -0.39 is 11.7 Å². The van der Waals surface area contributed by atoms with E-state index in [1.54, 1.807) is 10.9 Å². The minimum Gasteiger partial charge on any atom is -0.368 e. The van der Waals surface area contributed by atoms with E-state index in [1.165, 1.54) is 12.3 Å². The summed E-state index contributed by atoms with van der Waals surface area (Å²) in [5.74, 6) is -0.154. The minimum absolute atomic E-state index is 0.154. The van der Waals surface area contributed by atoms with Crippen molar-refractivity contribution in [2.45, 2.75) is 19.6 Å². The molecule has 0 bridgehead atoms. The molecule has 0 aliphatic rings. The van der Waals surface area contributed by atoms with Gasteiger partial charge in [-0.1, -0.05) is 0 Å². The van der Waals surface area contributed by atoms with Crippen LogP contribution in [-0.2, 0) is 12.7 Å². The van der Waals surface area contributed by atoms with E-state index in [1.807, 2.05) is 13.1 Å². The molecule has 0 amide bonds. The normalized spacial score (nSPS) is 11.6. The summed E-state index contributed by atoms with van der Waals surface area (Å²) in [6.07, 6.45) is 0.446. The third-order valence-corrected chi connectivity index (χ3v) is 2.51. The van der Waals surface area contributed by atoms with Gasteiger partial charge in [0.2, 0.25) is 0 Å². The Morgan fingerprint density at radius 2 is 2.16 bits per heavy atom. The number of nitrogens with one attached hydrogen (secondary N) is 1. The fraction of sp³-hybridized carbons (Fsp3) is 0.333. The van der Waals surface area contributed by atoms with Gasteiger partial charge in [-0.25, -0.2) is 4.98 Å². The fourth-order valence-electron chi connectivity index (χ4n) is 1.65. The molecule has 102 valence electrons. The summed E-state index contributed by atoms with van der Waals surface area (Å²) in [6.45, 7) is 2.69. The second-order valence-electron chi connectivity index (χ2n) is 4.10. The van der Waals surface area contributed by atoms with Gasteiger partial charge in [0.15, 0.2) is 0 Å². The van der Waals surface area contributed by atoms with Crippen LogP contribution in [0.1, 0.15) is 11.1 Å². The number of hydrogen-bond acceptors (Lipinski definition) is 3. The number of anilines is 1. The van der Waals surface area contributed by atoms with Crippen molar-refractivity contribution in [3.63, 3.8) is 0 Å². The molecule has 0 spiro atoms. The van der Waals surface area contributed by atoms with E-state index in [0.717, 1.165) is 11.6 Å². The van der Waals surface area contributed by atoms with Crippen molar-refractivity contribution in [1.82, 2.24) is 14.8 Å². The highest BCUT2D eigenvalue weighted by Crippen LogP contribution is 2.33. The molecule has 0 saturated carbocycles. The Labute approximate surface area is 108 Å². The van der Waals surface area contributed by atoms with Crippen molar-refractivity contribution in [1.29, 1.82) is 0 Å². The third-order valence-electron chi connectivity index (χ3n) is 2.51. The van der Waals surface area contributed by atoms with Crippen LogP contribution in [0.5, 0.6) is 0 Å². The second-order valence-corrected chi connectivity index (χ2v) is 4.10. The first-order valence-corrected chi connectivity index (χ1v) is 5.72. The first-order valence-electron chi connectivity index (χ1n) is 5.72. The summed E-state index contributed by atoms with van der Waals surface area (Å²) in [6, 6.07) is 2.28. The van der Waals surface area contributed by atoms with E-state index in [4.69, 9.17) is 0 Å². The van der Waals surface area contributed by atoms with Crippen molar-refractivity contribution < 1.29 is 13.2 Å². The van der Waals surface area contributed by atoms with Crippen LogP contribution in [0.4, 0.5) is 19.0 Å². The Morgan fingerprint density at radius 3 is 2.79 bits per heavy atom. The summed E-state index contributed by atoms with van der Waals surface area (Å²) in [7, 11) is 0. The lowest BCUT2D eigenvalue weighted by atomic mass is 10.2. The summed E-state index contributed by atoms with van der Waals surface area (Å²) < 4.78 is 39.8. The van der Waals surface area contributed by atoms with Crippen molar-refractivity contribution in [2.75, 3.05) is 11.9 Å². The van der Waals surface area contributed by atoms with Crippen LogP contribution >= 0.6 is 0 Å². The summed E-state index contributed by atoms with van der Waals surface area (Å²) in [5.41, 5.74) is 0.250. The topological polar surface area (TPSA) is 42.7 Å². The van der Waals surface area contributed by atoms with Gasteiger partial charge in [-0.15, -0.1) is 0 Å². The maximum atomic E-state index is 12.7. The number of aromatic nitrogens is 3. The molecule has 0 radical (unpaired) electrons. The van der Waals surface area contributed by atoms with Gasteiger partial charge in [-0.05, 0) is 24.6 Å². The molecule has 0 atom stereocenters. The van der Waals surface area contributed by atoms with E-state index in [2.05, 4.69) is 15.4 Å². The number of rotatable bonds is 4. The van der Waals surface area contributed by atoms with Crippen LogP contribution in [0.15, 0.2) is 30.7 Å². The predicted octanol–water partition coefficient (Wildman–Crippen LogP) is 2.72. The quantitative estimate of drug-likeness (QED) is 0.928. The van der Waals surface area contributed by atoms with E-state index in [-0.39, 0.29) is 5.82 Å². The lowest BCUT2D eigenvalue weighted by molar-refractivity contribution is -0.137. The summed E-state index contributed by atoms with van der Waals surface area (Å²) in [5, 5.41) is 6.74. The van der Waals surface area contributed by atoms with Crippen LogP contribution in [0.3, 0.4) is 0 Å². The van der Waals surface area contributed by atoms with Gasteiger partial charge in [0, 0.05) is 18.9 Å². The molecule has 2 aromatic rings. The Hall–Kier alpha value is -2.05. The number of alkyl halides is 3. The summed E-state index contributed by atoms with van der Waals surface area (Å²) in [4.78, 5) is 3.72. The molecule has 0 aromatic carbocycles. The average molecular weight is 270 g/mol. The van der Waals surface area contributed by atoms with Crippen molar-refractivity contribution in [2.24, 2.45) is 0 Å². The fourth-order valence-corrected chi connectivity index (χ4v) is 1.65. The van der Waals surface area contributed by atoms with E-state index in [0.29, 0.717) is 13.1 Å². The third kappa shape index (κ3) is 3.46. The molecule has 2 aromatic heterocycles. The highest BCUT2D eigenvalue weighted by molar-refractivity contribution is 5.45. The highest BCUT2D eigenvalue weighted by Gasteiger charge is 2.33. The molecule has 0 saturated heterocycles. The zero-order valence-electron chi connectivity index (χ0n) is 10.3. The number of halogens is 3. The Morgan fingerprint density at radius 1 is 1.37 bits per heavy atom. The lowest BCUT2D eigenvalue weighted by Gasteiger charge is -2.13. The molecule has 2 heterocycles. The van der Waals surface area contributed by atoms with Gasteiger partial charge in [-0.3, -0.25) is 4.68 Å². The monoisotopic (exact) mass is 270 g/mol. The standard InChI is InChI=1S/C12H13F3N4/c1-9-7-18-19(8-9)6-5-17-11-10(12(13,14)15)3-2-4-16-11/h2-4,7-8H,5-6H2,1H3,(H,16,17). The molecule has 19 heavy (non-hydrogen) atoms. The molecular weight excluding hydrogens is 257 g/mol. The average Bonchev–Trinajstić information content (AvgIpc) is 2.74. The van der Waals surface area contributed by atoms with Gasteiger partial charge in [-0.2, -0.15) is 18.3 Å². The van der Waals surface area contributed by atoms with Gasteiger partial charge < -0.3 is 5.32 Å². The Balaban J connectivity index is 2.00. The van der Waals surface area contributed by atoms with Crippen LogP contribution < -0.4 is 5.32 Å². The molecule has 0 aliphatic heterocycles. The SMILES string of the molecule is Cc1cnn(CCNc2ncccc2C(F)(F)F)c1. The molecule has 4 nitrogen and oxygen atoms in total. The Kier molecular flexibility index (Phi) is 3.73. The van der Waals surface area contributed by atoms with Crippen molar-refractivity contribution in [3.05, 3.63) is 41.9 Å². The van der Waals surface area contributed by atoms with Crippen LogP contribution in [-0.4, -0.2) is 21.3 Å². The van der Waals surface area contributed by atoms with Gasteiger partial charge in [0.1, 0.15) is 5.82 Å². The molecule has 7 heteroatoms. The van der Waals surface area contributed by atoms with Gasteiger partial charge in [0.05, 0.1) is 18.3 Å². The Bertz CT molecular complexity index is 548. The van der Waals surface area contributed by atoms with Gasteiger partial charge in [0.25, 0.3) is 0 Å². The van der Waals surface area contributed by atoms with Gasteiger partial charge >= 0.3 is 6.18 Å². The predicted molar refractivity (Wildman–Crippen MR) is 64.7 cm³/mol. The molecule has 2 rings (SSSR count). The maximum Gasteiger partial charge on any atom is 0.419 e. The smallest absolute Gasteiger partial charge is 0.368 e. The first kappa shape index (κ1) is 13.4. The molecule has 1 N–H and O–H groups in total. The summed E-state index contributed by atoms with van der Waals surface area (Å²) >= 11 is 0. The number of nitrogens with zero attached hydrogens (tertiary/aromatic N) is 3. The van der Waals surface area contributed by atoms with E-state index in [9.17, 15) is 13.2 Å². The zero-order chi connectivity index (χ0) is 13.9. The molecule has 0 unspecified atom stereocenters. The molecule has 0 fully saturated rings. The minimum atomic E-state index is -4.40.